The Hall–Kier alpha value is -1.81. The minimum absolute atomic E-state index is 0. The van der Waals surface area contributed by atoms with Crippen molar-refractivity contribution < 1.29 is 9.90 Å². The van der Waals surface area contributed by atoms with E-state index in [-0.39, 0.29) is 35.6 Å². The molecule has 0 aliphatic carbocycles. The van der Waals surface area contributed by atoms with E-state index in [1.807, 2.05) is 26.1 Å². The molecule has 0 unspecified atom stereocenters. The summed E-state index contributed by atoms with van der Waals surface area (Å²) in [5.41, 5.74) is 1.70. The summed E-state index contributed by atoms with van der Waals surface area (Å²) >= 11 is 3.44. The Morgan fingerprint density at radius 2 is 1.75 bits per heavy atom. The quantitative estimate of drug-likeness (QED) is 0.209. The Labute approximate surface area is 191 Å². The van der Waals surface area contributed by atoms with Gasteiger partial charge in [-0.15, -0.1) is 24.0 Å². The summed E-state index contributed by atoms with van der Waals surface area (Å²) in [4.78, 5) is 18.7. The van der Waals surface area contributed by atoms with Crippen LogP contribution in [0.5, 0.6) is 5.75 Å². The van der Waals surface area contributed by atoms with Crippen LogP contribution >= 0.6 is 39.9 Å². The smallest absolute Gasteiger partial charge is 0.251 e. The van der Waals surface area contributed by atoms with Crippen molar-refractivity contribution in [2.45, 2.75) is 13.5 Å². The third-order valence-electron chi connectivity index (χ3n) is 3.82. The van der Waals surface area contributed by atoms with Gasteiger partial charge in [0.15, 0.2) is 5.96 Å². The van der Waals surface area contributed by atoms with Crippen LogP contribution in [0.25, 0.3) is 0 Å². The maximum atomic E-state index is 12.1. The molecule has 152 valence electrons. The Morgan fingerprint density at radius 1 is 1.11 bits per heavy atom. The van der Waals surface area contributed by atoms with E-state index >= 15 is 0 Å². The lowest BCUT2D eigenvalue weighted by molar-refractivity contribution is 0.0955. The molecule has 2 rings (SSSR count). The zero-order valence-electron chi connectivity index (χ0n) is 16.0. The molecule has 0 saturated heterocycles. The fraction of sp³-hybridized carbons (Fsp3) is 0.300. The van der Waals surface area contributed by atoms with E-state index in [1.54, 1.807) is 12.1 Å². The topological polar surface area (TPSA) is 77.0 Å². The first-order chi connectivity index (χ1) is 13.0. The lowest BCUT2D eigenvalue weighted by Crippen LogP contribution is -2.39. The number of amides is 1. The predicted molar refractivity (Wildman–Crippen MR) is 127 cm³/mol. The summed E-state index contributed by atoms with van der Waals surface area (Å²) in [6, 6.07) is 14.3. The number of hydrogen-bond acceptors (Lipinski definition) is 3. The lowest BCUT2D eigenvalue weighted by Gasteiger charge is -2.22. The van der Waals surface area contributed by atoms with E-state index < -0.39 is 0 Å². The number of nitrogens with zero attached hydrogens (tertiary/aromatic N) is 2. The molecule has 0 atom stereocenters. The van der Waals surface area contributed by atoms with Crippen LogP contribution < -0.4 is 10.6 Å². The normalized spacial score (nSPS) is 10.8. The second-order valence-electron chi connectivity index (χ2n) is 6.02. The zero-order valence-corrected chi connectivity index (χ0v) is 19.9. The van der Waals surface area contributed by atoms with Crippen LogP contribution in [0.1, 0.15) is 22.8 Å². The van der Waals surface area contributed by atoms with Gasteiger partial charge in [-0.3, -0.25) is 9.79 Å². The van der Waals surface area contributed by atoms with E-state index in [0.717, 1.165) is 23.5 Å². The van der Waals surface area contributed by atoms with Gasteiger partial charge >= 0.3 is 0 Å². The highest BCUT2D eigenvalue weighted by Crippen LogP contribution is 2.12. The minimum Gasteiger partial charge on any atom is -0.508 e. The number of guanidine groups is 1. The molecule has 3 N–H and O–H groups in total. The van der Waals surface area contributed by atoms with Crippen LogP contribution in [0.2, 0.25) is 0 Å². The fourth-order valence-electron chi connectivity index (χ4n) is 2.45. The number of benzene rings is 2. The van der Waals surface area contributed by atoms with Crippen LogP contribution in [-0.2, 0) is 6.54 Å². The van der Waals surface area contributed by atoms with Gasteiger partial charge in [0.05, 0.1) is 6.54 Å². The number of aromatic hydroxyl groups is 1. The summed E-state index contributed by atoms with van der Waals surface area (Å²) in [6.07, 6.45) is 0. The molecule has 2 aromatic carbocycles. The molecule has 6 nitrogen and oxygen atoms in total. The van der Waals surface area contributed by atoms with E-state index in [9.17, 15) is 9.90 Å². The Bertz CT molecular complexity index is 767. The molecule has 2 aromatic rings. The van der Waals surface area contributed by atoms with Gasteiger partial charge in [0.2, 0.25) is 0 Å². The highest BCUT2D eigenvalue weighted by Gasteiger charge is 2.07. The van der Waals surface area contributed by atoms with Crippen LogP contribution in [0, 0.1) is 0 Å². The third kappa shape index (κ3) is 8.05. The molecule has 28 heavy (non-hydrogen) atoms. The van der Waals surface area contributed by atoms with Gasteiger partial charge in [-0.1, -0.05) is 28.1 Å². The largest absolute Gasteiger partial charge is 0.508 e. The van der Waals surface area contributed by atoms with E-state index in [1.165, 1.54) is 17.7 Å². The molecule has 0 radical (unpaired) electrons. The van der Waals surface area contributed by atoms with Crippen molar-refractivity contribution in [2.75, 3.05) is 26.7 Å². The van der Waals surface area contributed by atoms with Gasteiger partial charge in [-0.05, 0) is 48.9 Å². The van der Waals surface area contributed by atoms with Crippen molar-refractivity contribution in [3.8, 4) is 5.75 Å². The minimum atomic E-state index is -0.182. The molecule has 8 heteroatoms. The summed E-state index contributed by atoms with van der Waals surface area (Å²) in [5, 5.41) is 15.4. The molecule has 0 saturated carbocycles. The number of hydrogen-bond donors (Lipinski definition) is 3. The Kier molecular flexibility index (Phi) is 10.9. The third-order valence-corrected chi connectivity index (χ3v) is 4.35. The van der Waals surface area contributed by atoms with Crippen molar-refractivity contribution in [3.05, 3.63) is 64.1 Å². The second-order valence-corrected chi connectivity index (χ2v) is 6.94. The summed E-state index contributed by atoms with van der Waals surface area (Å²) in [5.74, 6) is 0.748. The van der Waals surface area contributed by atoms with Gasteiger partial charge in [0.1, 0.15) is 5.75 Å². The van der Waals surface area contributed by atoms with Crippen molar-refractivity contribution >= 4 is 51.8 Å². The molecule has 0 bridgehead atoms. The number of halogens is 2. The number of nitrogens with one attached hydrogen (secondary N) is 2. The molecule has 0 aromatic heterocycles. The maximum Gasteiger partial charge on any atom is 0.251 e. The predicted octanol–water partition coefficient (Wildman–Crippen LogP) is 3.60. The average molecular weight is 561 g/mol. The maximum absolute atomic E-state index is 12.1. The number of aliphatic imine (C=N–C) groups is 1. The van der Waals surface area contributed by atoms with Gasteiger partial charge < -0.3 is 20.6 Å². The SMILES string of the molecule is CCNC(=NCCNC(=O)c1ccc(O)cc1)N(C)Cc1ccc(Br)cc1.I. The first-order valence-electron chi connectivity index (χ1n) is 8.80. The van der Waals surface area contributed by atoms with E-state index in [2.05, 4.69) is 48.6 Å². The Morgan fingerprint density at radius 3 is 2.36 bits per heavy atom. The average Bonchev–Trinajstić information content (AvgIpc) is 2.66. The fourth-order valence-corrected chi connectivity index (χ4v) is 2.72. The number of phenolic OH excluding ortho intramolecular Hbond substituents is 1. The molecule has 0 aliphatic rings. The van der Waals surface area contributed by atoms with Crippen LogP contribution in [0.15, 0.2) is 58.0 Å². The summed E-state index contributed by atoms with van der Waals surface area (Å²) < 4.78 is 1.05. The molecule has 0 spiro atoms. The van der Waals surface area contributed by atoms with Crippen molar-refractivity contribution in [1.82, 2.24) is 15.5 Å². The Balaban J connectivity index is 0.00000392. The van der Waals surface area contributed by atoms with Gasteiger partial charge in [0, 0.05) is 36.7 Å². The summed E-state index contributed by atoms with van der Waals surface area (Å²) in [7, 11) is 1.98. The molecule has 0 fully saturated rings. The van der Waals surface area contributed by atoms with E-state index in [0.29, 0.717) is 18.7 Å². The number of rotatable bonds is 7. The van der Waals surface area contributed by atoms with Crippen molar-refractivity contribution in [3.63, 3.8) is 0 Å². The number of phenols is 1. The molecular formula is C20H26BrIN4O2. The van der Waals surface area contributed by atoms with Crippen LogP contribution in [-0.4, -0.2) is 48.6 Å². The highest BCUT2D eigenvalue weighted by atomic mass is 127. The van der Waals surface area contributed by atoms with Crippen LogP contribution in [0.4, 0.5) is 0 Å². The molecule has 0 aliphatic heterocycles. The van der Waals surface area contributed by atoms with Gasteiger partial charge in [-0.25, -0.2) is 0 Å². The molecular weight excluding hydrogens is 535 g/mol. The standard InChI is InChI=1S/C20H25BrN4O2.HI/c1-3-22-20(25(2)14-15-4-8-17(21)9-5-15)24-13-12-23-19(27)16-6-10-18(26)11-7-16;/h4-11,26H,3,12-14H2,1-2H3,(H,22,24)(H,23,27);1H. The monoisotopic (exact) mass is 560 g/mol. The molecule has 0 heterocycles. The second kappa shape index (κ2) is 12.6. The highest BCUT2D eigenvalue weighted by molar-refractivity contribution is 14.0. The zero-order chi connectivity index (χ0) is 19.6. The van der Waals surface area contributed by atoms with E-state index in [4.69, 9.17) is 0 Å². The van der Waals surface area contributed by atoms with Crippen LogP contribution in [0.3, 0.4) is 0 Å². The molecule has 1 amide bonds. The first-order valence-corrected chi connectivity index (χ1v) is 9.60. The lowest BCUT2D eigenvalue weighted by atomic mass is 10.2. The van der Waals surface area contributed by atoms with Gasteiger partial charge in [0.25, 0.3) is 5.91 Å². The van der Waals surface area contributed by atoms with Gasteiger partial charge in [-0.2, -0.15) is 0 Å². The summed E-state index contributed by atoms with van der Waals surface area (Å²) in [6.45, 7) is 4.43. The number of carbonyl (C=O) groups is 1. The van der Waals surface area contributed by atoms with Crippen molar-refractivity contribution in [2.24, 2.45) is 4.99 Å². The van der Waals surface area contributed by atoms with Crippen molar-refractivity contribution in [1.29, 1.82) is 0 Å². The number of carbonyl (C=O) groups excluding carboxylic acids is 1. The first kappa shape index (κ1) is 24.2.